The summed E-state index contributed by atoms with van der Waals surface area (Å²) in [6.45, 7) is 0. The van der Waals surface area contributed by atoms with Gasteiger partial charge in [-0.05, 0) is 0 Å². The average Bonchev–Trinajstić information content (AvgIpc) is 2.09. The van der Waals surface area contributed by atoms with Crippen LogP contribution in [0.15, 0.2) is 0 Å². The van der Waals surface area contributed by atoms with E-state index in [4.69, 9.17) is 47.3 Å². The second-order valence-corrected chi connectivity index (χ2v) is 1.12. The minimum atomic E-state index is -1.08. The van der Waals surface area contributed by atoms with Gasteiger partial charge in [-0.25, -0.2) is 0 Å². The molecule has 0 rings (SSSR count). The molecule has 0 aromatic heterocycles. The Morgan fingerprint density at radius 1 is 0.438 bits per heavy atom. The molecule has 0 aliphatic rings. The maximum Gasteiger partial charge on any atom is 5.00 e. The number of rotatable bonds is 0. The van der Waals surface area contributed by atoms with Crippen molar-refractivity contribution in [3.05, 3.63) is 0 Å². The van der Waals surface area contributed by atoms with Crippen LogP contribution in [0.4, 0.5) is 0 Å². The van der Waals surface area contributed by atoms with Crippen LogP contribution in [-0.2, 0) is 45.2 Å². The van der Waals surface area contributed by atoms with Crippen molar-refractivity contribution < 1.29 is 69.7 Å². The molecule has 0 fully saturated rings. The number of hydrogen-bond acceptors (Lipinski definition) is 10. The van der Waals surface area contributed by atoms with E-state index < -0.39 is 43.4 Å². The minimum absolute atomic E-state index is 0. The van der Waals surface area contributed by atoms with E-state index >= 15 is 0 Å². The zero-order valence-electron chi connectivity index (χ0n) is 6.77. The molecule has 0 bridgehead atoms. The second-order valence-electron chi connectivity index (χ2n) is 0.373. The van der Waals surface area contributed by atoms with Crippen LogP contribution in [0.2, 0.25) is 0 Å². The molecule has 0 N–H and O–H groups in total. The fraction of sp³-hybridized carbons (Fsp3) is 0. The van der Waals surface area contributed by atoms with Gasteiger partial charge < -0.3 is 24.5 Å². The predicted molar refractivity (Wildman–Crippen MR) is 38.0 cm³/mol. The summed E-state index contributed by atoms with van der Waals surface area (Å²) in [6.07, 6.45) is 0. The smallest absolute Gasteiger partial charge is 0.772 e. The van der Waals surface area contributed by atoms with Gasteiger partial charge in [0.1, 0.15) is 0 Å². The Bertz CT molecular complexity index is 91.5. The Kier molecular flexibility index (Phi) is 224. The number of hydrogen-bond donors (Lipinski definition) is 0. The molecular weight excluding hydrogens is 496 g/mol. The van der Waals surface area contributed by atoms with Crippen molar-refractivity contribution in [3.63, 3.8) is 0 Å². The Balaban J connectivity index is -0.0000000192. The van der Waals surface area contributed by atoms with Gasteiger partial charge in [0.15, 0.2) is 0 Å². The van der Waals surface area contributed by atoms with Gasteiger partial charge in [0.2, 0.25) is 0 Å². The van der Waals surface area contributed by atoms with Gasteiger partial charge in [-0.2, -0.15) is 0 Å². The quantitative estimate of drug-likeness (QED) is 0.331. The SMILES string of the molecule is O=P[O-].O=P[O-].O=P[O-].O=P[O-].O=P[O-].[Ta+5]. The minimum Gasteiger partial charge on any atom is -0.772 e. The third-order valence-electron chi connectivity index (χ3n) is 0. The van der Waals surface area contributed by atoms with Gasteiger partial charge in [-0.15, -0.1) is 0 Å². The standard InChI is InChI=1S/5HO2P.Ta/c5*1-3-2;/h5*(H,1,2);/q;;;;;+5/p-5. The third kappa shape index (κ3) is 2740. The molecule has 0 aromatic carbocycles. The van der Waals surface area contributed by atoms with Gasteiger partial charge in [0.25, 0.3) is 0 Å². The van der Waals surface area contributed by atoms with E-state index in [1.54, 1.807) is 0 Å². The summed E-state index contributed by atoms with van der Waals surface area (Å²) in [5, 5.41) is 0. The van der Waals surface area contributed by atoms with Gasteiger partial charge in [0, 0.05) is 0 Å². The van der Waals surface area contributed by atoms with Crippen molar-refractivity contribution in [2.75, 3.05) is 0 Å². The maximum absolute atomic E-state index is 8.35. The van der Waals surface area contributed by atoms with Gasteiger partial charge in [-0.1, -0.05) is 0 Å². The summed E-state index contributed by atoms with van der Waals surface area (Å²) >= 11 is 0. The molecule has 0 aliphatic carbocycles. The van der Waals surface area contributed by atoms with Crippen LogP contribution in [0.1, 0.15) is 0 Å². The van der Waals surface area contributed by atoms with Gasteiger partial charge in [0.05, 0.1) is 43.4 Å². The van der Waals surface area contributed by atoms with E-state index in [1.165, 1.54) is 0 Å². The van der Waals surface area contributed by atoms with Crippen LogP contribution in [0.5, 0.6) is 0 Å². The summed E-state index contributed by atoms with van der Waals surface area (Å²) in [5.74, 6) is 0. The molecule has 0 aliphatic heterocycles. The summed E-state index contributed by atoms with van der Waals surface area (Å²) < 4.78 is 41.7. The average molecular weight is 496 g/mol. The summed E-state index contributed by atoms with van der Waals surface area (Å²) in [6, 6.07) is 0. The van der Waals surface area contributed by atoms with Crippen LogP contribution in [-0.4, -0.2) is 0 Å². The molecule has 0 saturated carbocycles. The first-order valence-corrected chi connectivity index (χ1v) is 5.48. The van der Waals surface area contributed by atoms with E-state index in [-0.39, 0.29) is 22.4 Å². The van der Waals surface area contributed by atoms with Crippen molar-refractivity contribution in [1.82, 2.24) is 0 Å². The van der Waals surface area contributed by atoms with Crippen LogP contribution in [0, 0.1) is 0 Å². The molecule has 0 amide bonds. The molecule has 0 radical (unpaired) electrons. The van der Waals surface area contributed by atoms with Crippen LogP contribution >= 0.6 is 43.4 Å². The zero-order valence-corrected chi connectivity index (χ0v) is 14.5. The molecule has 0 aromatic rings. The fourth-order valence-electron chi connectivity index (χ4n) is 0. The first-order chi connectivity index (χ1) is 7.07. The van der Waals surface area contributed by atoms with E-state index in [0.717, 1.165) is 0 Å². The monoisotopic (exact) mass is 496 g/mol. The van der Waals surface area contributed by atoms with E-state index in [0.29, 0.717) is 0 Å². The van der Waals surface area contributed by atoms with Crippen molar-refractivity contribution in [2.24, 2.45) is 0 Å². The molecular formula is O10P5Ta. The molecule has 0 heterocycles. The van der Waals surface area contributed by atoms with Crippen molar-refractivity contribution in [2.45, 2.75) is 0 Å². The van der Waals surface area contributed by atoms with Crippen molar-refractivity contribution >= 4 is 43.4 Å². The van der Waals surface area contributed by atoms with E-state index in [1.807, 2.05) is 0 Å². The molecule has 0 unspecified atom stereocenters. The van der Waals surface area contributed by atoms with Gasteiger partial charge >= 0.3 is 22.4 Å². The Hall–Kier alpha value is 1.04. The molecule has 0 spiro atoms. The largest absolute Gasteiger partial charge is 5.00 e. The first kappa shape index (κ1) is 36.0. The van der Waals surface area contributed by atoms with Crippen molar-refractivity contribution in [3.8, 4) is 0 Å². The Labute approximate surface area is 113 Å². The van der Waals surface area contributed by atoms with Crippen molar-refractivity contribution in [1.29, 1.82) is 0 Å². The molecule has 0 saturated heterocycles. The van der Waals surface area contributed by atoms with Crippen LogP contribution in [0.3, 0.4) is 0 Å². The molecule has 16 heteroatoms. The van der Waals surface area contributed by atoms with E-state index in [2.05, 4.69) is 0 Å². The normalized spacial score (nSPS) is 6.56. The molecule has 0 atom stereocenters. The third-order valence-corrected chi connectivity index (χ3v) is 0. The Morgan fingerprint density at radius 2 is 0.438 bits per heavy atom. The van der Waals surface area contributed by atoms with Crippen LogP contribution in [0.25, 0.3) is 0 Å². The topological polar surface area (TPSA) is 201 Å². The summed E-state index contributed by atoms with van der Waals surface area (Å²) in [5.41, 5.74) is 0. The van der Waals surface area contributed by atoms with E-state index in [9.17, 15) is 0 Å². The second kappa shape index (κ2) is 99.5. The maximum atomic E-state index is 8.35. The summed E-state index contributed by atoms with van der Waals surface area (Å²) in [7, 11) is -5.42. The molecule has 16 heavy (non-hydrogen) atoms. The van der Waals surface area contributed by atoms with Crippen LogP contribution < -0.4 is 24.5 Å². The zero-order chi connectivity index (χ0) is 13.5. The fourth-order valence-corrected chi connectivity index (χ4v) is 0. The summed E-state index contributed by atoms with van der Waals surface area (Å²) in [4.78, 5) is 41.7. The molecule has 90 valence electrons. The Morgan fingerprint density at radius 3 is 0.438 bits per heavy atom. The first-order valence-electron chi connectivity index (χ1n) is 1.83. The predicted octanol–water partition coefficient (Wildman–Crippen LogP) is -2.24. The van der Waals surface area contributed by atoms with Gasteiger partial charge in [-0.3, -0.25) is 22.8 Å². The molecule has 10 nitrogen and oxygen atoms in total.